The highest BCUT2D eigenvalue weighted by atomic mass is 32.2. The Hall–Kier alpha value is -1.92. The van der Waals surface area contributed by atoms with Gasteiger partial charge in [0.05, 0.1) is 11.0 Å². The summed E-state index contributed by atoms with van der Waals surface area (Å²) in [5.74, 6) is 0.708. The lowest BCUT2D eigenvalue weighted by Crippen LogP contribution is -2.29. The summed E-state index contributed by atoms with van der Waals surface area (Å²) in [6, 6.07) is 10.6. The highest BCUT2D eigenvalue weighted by Crippen LogP contribution is 2.24. The van der Waals surface area contributed by atoms with Crippen LogP contribution in [0.2, 0.25) is 0 Å². The topological polar surface area (TPSA) is 59.5 Å². The zero-order valence-corrected chi connectivity index (χ0v) is 15.4. The first-order valence-corrected chi connectivity index (χ1v) is 9.38. The van der Waals surface area contributed by atoms with E-state index in [1.54, 1.807) is 31.4 Å². The van der Waals surface area contributed by atoms with Gasteiger partial charge in [-0.15, -0.1) is 0 Å². The van der Waals surface area contributed by atoms with Crippen LogP contribution in [0.5, 0.6) is 5.75 Å². The molecule has 0 atom stereocenters. The van der Waals surface area contributed by atoms with E-state index in [0.29, 0.717) is 18.7 Å². The molecule has 2 aromatic rings. The predicted octanol–water partition coefficient (Wildman–Crippen LogP) is 3.04. The standard InChI is InChI=1S/C18H24N2O3S/c1-14(2)23-18-9-8-17(13-15(18)3)24(21,22)20(4)12-10-16-7-5-6-11-19-16/h5-9,11,13-14H,10,12H2,1-4H3. The lowest BCUT2D eigenvalue weighted by molar-refractivity contribution is 0.240. The van der Waals surface area contributed by atoms with Crippen molar-refractivity contribution in [1.29, 1.82) is 0 Å². The van der Waals surface area contributed by atoms with Crippen LogP contribution in [0.3, 0.4) is 0 Å². The van der Waals surface area contributed by atoms with Crippen LogP contribution in [0.15, 0.2) is 47.5 Å². The molecular formula is C18H24N2O3S. The third-order valence-electron chi connectivity index (χ3n) is 3.63. The van der Waals surface area contributed by atoms with E-state index in [1.807, 2.05) is 39.0 Å². The van der Waals surface area contributed by atoms with Crippen molar-refractivity contribution in [3.63, 3.8) is 0 Å². The Balaban J connectivity index is 2.12. The Morgan fingerprint density at radius 1 is 1.21 bits per heavy atom. The average Bonchev–Trinajstić information content (AvgIpc) is 2.55. The summed E-state index contributed by atoms with van der Waals surface area (Å²) in [6.45, 7) is 6.11. The van der Waals surface area contributed by atoms with Crippen LogP contribution in [0.4, 0.5) is 0 Å². The van der Waals surface area contributed by atoms with Crippen molar-refractivity contribution in [2.45, 2.75) is 38.2 Å². The van der Waals surface area contributed by atoms with Crippen molar-refractivity contribution in [1.82, 2.24) is 9.29 Å². The van der Waals surface area contributed by atoms with Crippen LogP contribution < -0.4 is 4.74 Å². The third-order valence-corrected chi connectivity index (χ3v) is 5.48. The number of nitrogens with zero attached hydrogens (tertiary/aromatic N) is 2. The monoisotopic (exact) mass is 348 g/mol. The predicted molar refractivity (Wildman–Crippen MR) is 94.7 cm³/mol. The maximum absolute atomic E-state index is 12.7. The molecule has 0 unspecified atom stereocenters. The van der Waals surface area contributed by atoms with Gasteiger partial charge in [0.15, 0.2) is 0 Å². The molecule has 0 amide bonds. The number of aryl methyl sites for hydroxylation is 1. The SMILES string of the molecule is Cc1cc(S(=O)(=O)N(C)CCc2ccccn2)ccc1OC(C)C. The van der Waals surface area contributed by atoms with Gasteiger partial charge >= 0.3 is 0 Å². The first kappa shape index (κ1) is 18.4. The number of hydrogen-bond acceptors (Lipinski definition) is 4. The molecule has 2 rings (SSSR count). The van der Waals surface area contributed by atoms with Gasteiger partial charge in [0.1, 0.15) is 5.75 Å². The second-order valence-corrected chi connectivity index (χ2v) is 8.04. The van der Waals surface area contributed by atoms with Crippen molar-refractivity contribution >= 4 is 10.0 Å². The Morgan fingerprint density at radius 3 is 2.54 bits per heavy atom. The van der Waals surface area contributed by atoms with Gasteiger partial charge in [0.2, 0.25) is 10.0 Å². The largest absolute Gasteiger partial charge is 0.491 e. The Labute approximate surface area is 144 Å². The number of pyridine rings is 1. The van der Waals surface area contributed by atoms with Gasteiger partial charge in [0.25, 0.3) is 0 Å². The fourth-order valence-corrected chi connectivity index (χ4v) is 3.54. The smallest absolute Gasteiger partial charge is 0.242 e. The van der Waals surface area contributed by atoms with Crippen LogP contribution in [0, 0.1) is 6.92 Å². The number of rotatable bonds is 7. The molecule has 6 heteroatoms. The number of likely N-dealkylation sites (N-methyl/N-ethyl adjacent to an activating group) is 1. The van der Waals surface area contributed by atoms with Crippen molar-refractivity contribution in [3.8, 4) is 5.75 Å². The molecule has 0 aliphatic carbocycles. The van der Waals surface area contributed by atoms with Gasteiger partial charge in [-0.25, -0.2) is 12.7 Å². The molecule has 0 bridgehead atoms. The van der Waals surface area contributed by atoms with Crippen LogP contribution >= 0.6 is 0 Å². The minimum absolute atomic E-state index is 0.0483. The normalized spacial score (nSPS) is 11.9. The van der Waals surface area contributed by atoms with E-state index in [0.717, 1.165) is 11.3 Å². The zero-order chi connectivity index (χ0) is 17.7. The molecule has 0 saturated carbocycles. The molecule has 0 fully saturated rings. The molecule has 0 radical (unpaired) electrons. The van der Waals surface area contributed by atoms with Gasteiger partial charge in [-0.3, -0.25) is 4.98 Å². The van der Waals surface area contributed by atoms with E-state index in [9.17, 15) is 8.42 Å². The molecule has 0 saturated heterocycles. The van der Waals surface area contributed by atoms with E-state index in [-0.39, 0.29) is 11.0 Å². The summed E-state index contributed by atoms with van der Waals surface area (Å²) in [5, 5.41) is 0. The Bertz CT molecular complexity index is 774. The summed E-state index contributed by atoms with van der Waals surface area (Å²) in [7, 11) is -1.94. The van der Waals surface area contributed by atoms with Gasteiger partial charge in [-0.2, -0.15) is 0 Å². The lowest BCUT2D eigenvalue weighted by Gasteiger charge is -2.18. The number of aromatic nitrogens is 1. The second-order valence-electron chi connectivity index (χ2n) is 5.99. The molecule has 0 aliphatic heterocycles. The maximum Gasteiger partial charge on any atom is 0.242 e. The molecule has 24 heavy (non-hydrogen) atoms. The fraction of sp³-hybridized carbons (Fsp3) is 0.389. The molecule has 5 nitrogen and oxygen atoms in total. The molecular weight excluding hydrogens is 324 g/mol. The molecule has 1 heterocycles. The molecule has 1 aromatic heterocycles. The zero-order valence-electron chi connectivity index (χ0n) is 14.6. The van der Waals surface area contributed by atoms with Crippen molar-refractivity contribution in [2.24, 2.45) is 0 Å². The number of sulfonamides is 1. The number of hydrogen-bond donors (Lipinski definition) is 0. The fourth-order valence-electron chi connectivity index (χ4n) is 2.29. The van der Waals surface area contributed by atoms with Crippen LogP contribution in [0.1, 0.15) is 25.1 Å². The Kier molecular flexibility index (Phi) is 5.96. The number of ether oxygens (including phenoxy) is 1. The molecule has 1 aromatic carbocycles. The molecule has 0 spiro atoms. The van der Waals surface area contributed by atoms with E-state index < -0.39 is 10.0 Å². The van der Waals surface area contributed by atoms with Gasteiger partial charge in [0, 0.05) is 31.9 Å². The second kappa shape index (κ2) is 7.77. The van der Waals surface area contributed by atoms with Gasteiger partial charge in [-0.05, 0) is 56.7 Å². The summed E-state index contributed by atoms with van der Waals surface area (Å²) < 4.78 is 32.4. The van der Waals surface area contributed by atoms with Crippen LogP contribution in [-0.2, 0) is 16.4 Å². The third kappa shape index (κ3) is 4.55. The summed E-state index contributed by atoms with van der Waals surface area (Å²) in [5.41, 5.74) is 1.68. The highest BCUT2D eigenvalue weighted by Gasteiger charge is 2.21. The maximum atomic E-state index is 12.7. The van der Waals surface area contributed by atoms with Crippen molar-refractivity contribution < 1.29 is 13.2 Å². The molecule has 0 N–H and O–H groups in total. The lowest BCUT2D eigenvalue weighted by atomic mass is 10.2. The minimum atomic E-state index is -3.53. The summed E-state index contributed by atoms with van der Waals surface area (Å²) in [4.78, 5) is 4.50. The first-order chi connectivity index (χ1) is 11.3. The first-order valence-electron chi connectivity index (χ1n) is 7.94. The van der Waals surface area contributed by atoms with Crippen molar-refractivity contribution in [3.05, 3.63) is 53.9 Å². The van der Waals surface area contributed by atoms with E-state index in [2.05, 4.69) is 4.98 Å². The summed E-state index contributed by atoms with van der Waals surface area (Å²) >= 11 is 0. The molecule has 0 aliphatic rings. The average molecular weight is 348 g/mol. The highest BCUT2D eigenvalue weighted by molar-refractivity contribution is 7.89. The summed E-state index contributed by atoms with van der Waals surface area (Å²) in [6.07, 6.45) is 2.33. The van der Waals surface area contributed by atoms with Crippen LogP contribution in [-0.4, -0.2) is 37.4 Å². The van der Waals surface area contributed by atoms with E-state index in [4.69, 9.17) is 4.74 Å². The van der Waals surface area contributed by atoms with Gasteiger partial charge < -0.3 is 4.74 Å². The molecule has 130 valence electrons. The Morgan fingerprint density at radius 2 is 1.96 bits per heavy atom. The van der Waals surface area contributed by atoms with E-state index >= 15 is 0 Å². The van der Waals surface area contributed by atoms with E-state index in [1.165, 1.54) is 4.31 Å². The van der Waals surface area contributed by atoms with Crippen LogP contribution in [0.25, 0.3) is 0 Å². The minimum Gasteiger partial charge on any atom is -0.491 e. The number of benzene rings is 1. The van der Waals surface area contributed by atoms with Crippen molar-refractivity contribution in [2.75, 3.05) is 13.6 Å². The quantitative estimate of drug-likeness (QED) is 0.772. The van der Waals surface area contributed by atoms with Gasteiger partial charge in [-0.1, -0.05) is 6.07 Å².